The second-order valence-electron chi connectivity index (χ2n) is 1.41. The van der Waals surface area contributed by atoms with Crippen LogP contribution in [0, 0.1) is 11.8 Å². The van der Waals surface area contributed by atoms with Gasteiger partial charge in [-0.2, -0.15) is 15.0 Å². The van der Waals surface area contributed by atoms with Crippen molar-refractivity contribution in [1.82, 2.24) is 15.0 Å². The van der Waals surface area contributed by atoms with Crippen LogP contribution in [0.15, 0.2) is 0 Å². The average molecular weight is 153 g/mol. The lowest BCUT2D eigenvalue weighted by Crippen LogP contribution is -2.05. The zero-order valence-electron chi connectivity index (χ0n) is 5.60. The molecule has 0 spiro atoms. The predicted octanol–water partition coefficient (Wildman–Crippen LogP) is -1.24. The fourth-order valence-electron chi connectivity index (χ4n) is 0.427. The van der Waals surface area contributed by atoms with Gasteiger partial charge in [0, 0.05) is 6.57 Å². The van der Waals surface area contributed by atoms with Crippen LogP contribution in [0.1, 0.15) is 0 Å². The van der Waals surface area contributed by atoms with Gasteiger partial charge in [0.15, 0.2) is 0 Å². The van der Waals surface area contributed by atoms with E-state index in [0.717, 1.165) is 0 Å². The standard InChI is InChI=1S/C3H6N6.CHN/c4-1-7-2(5)9-3(6)8-1;1-2/h(H6,4,5,6,7,8,9);1H. The van der Waals surface area contributed by atoms with Gasteiger partial charge in [-0.15, -0.1) is 0 Å². The molecule has 0 fully saturated rings. The van der Waals surface area contributed by atoms with Crippen LogP contribution in [0.3, 0.4) is 0 Å². The molecule has 6 N–H and O–H groups in total. The van der Waals surface area contributed by atoms with E-state index in [1.54, 1.807) is 0 Å². The second-order valence-corrected chi connectivity index (χ2v) is 1.41. The van der Waals surface area contributed by atoms with Gasteiger partial charge in [0.2, 0.25) is 17.8 Å². The van der Waals surface area contributed by atoms with Crippen molar-refractivity contribution < 1.29 is 0 Å². The highest BCUT2D eigenvalue weighted by atomic mass is 15.2. The van der Waals surface area contributed by atoms with Crippen LogP contribution in [0.5, 0.6) is 0 Å². The second kappa shape index (κ2) is 3.84. The van der Waals surface area contributed by atoms with Crippen LogP contribution in [0.2, 0.25) is 0 Å². The maximum atomic E-state index is 6.50. The molecule has 1 aromatic rings. The fourth-order valence-corrected chi connectivity index (χ4v) is 0.427. The van der Waals surface area contributed by atoms with Crippen LogP contribution in [-0.2, 0) is 0 Å². The number of anilines is 3. The Morgan fingerprint density at radius 1 is 0.818 bits per heavy atom. The van der Waals surface area contributed by atoms with Crippen molar-refractivity contribution >= 4 is 17.8 Å². The summed E-state index contributed by atoms with van der Waals surface area (Å²) < 4.78 is 0. The van der Waals surface area contributed by atoms with Crippen LogP contribution in [0.4, 0.5) is 17.8 Å². The summed E-state index contributed by atoms with van der Waals surface area (Å²) in [6, 6.07) is 0. The summed E-state index contributed by atoms with van der Waals surface area (Å²) in [6.07, 6.45) is 0. The zero-order chi connectivity index (χ0) is 8.85. The Morgan fingerprint density at radius 2 is 1.00 bits per heavy atom. The summed E-state index contributed by atoms with van der Waals surface area (Å²) in [6.45, 7) is 3.50. The lowest BCUT2D eigenvalue weighted by Gasteiger charge is -1.93. The number of nitriles is 1. The lowest BCUT2D eigenvalue weighted by molar-refractivity contribution is 1.09. The van der Waals surface area contributed by atoms with Crippen molar-refractivity contribution in [1.29, 1.82) is 5.26 Å². The van der Waals surface area contributed by atoms with Gasteiger partial charge in [-0.05, 0) is 0 Å². The van der Waals surface area contributed by atoms with Crippen molar-refractivity contribution in [2.45, 2.75) is 0 Å². The first-order valence-electron chi connectivity index (χ1n) is 2.47. The molecule has 7 nitrogen and oxygen atoms in total. The first kappa shape index (κ1) is 8.90. The maximum absolute atomic E-state index is 6.50. The maximum Gasteiger partial charge on any atom is 0.226 e. The summed E-state index contributed by atoms with van der Waals surface area (Å²) in [7, 11) is 0. The molecule has 0 bridgehead atoms. The van der Waals surface area contributed by atoms with Crippen molar-refractivity contribution in [2.75, 3.05) is 17.2 Å². The number of nitrogen functional groups attached to an aromatic ring is 3. The van der Waals surface area contributed by atoms with E-state index in [-0.39, 0.29) is 17.8 Å². The molecule has 0 amide bonds. The topological polar surface area (TPSA) is 141 Å². The molecular formula is C4H7N7. The highest BCUT2D eigenvalue weighted by molar-refractivity contribution is 5.33. The number of hydrogen-bond donors (Lipinski definition) is 3. The first-order chi connectivity index (χ1) is 5.18. The molecule has 58 valence electrons. The Balaban J connectivity index is 0.000000461. The molecule has 1 aromatic heterocycles. The van der Waals surface area contributed by atoms with E-state index in [1.807, 2.05) is 0 Å². The third kappa shape index (κ3) is 2.81. The van der Waals surface area contributed by atoms with E-state index in [9.17, 15) is 0 Å². The molecule has 0 aromatic carbocycles. The summed E-state index contributed by atoms with van der Waals surface area (Å²) in [5, 5.41) is 6.50. The SMILES string of the molecule is C#N.Nc1nc(N)nc(N)n1. The lowest BCUT2D eigenvalue weighted by atomic mass is 10.9. The first-order valence-corrected chi connectivity index (χ1v) is 2.47. The number of nitrogens with zero attached hydrogens (tertiary/aromatic N) is 4. The number of nitrogens with two attached hydrogens (primary N) is 3. The summed E-state index contributed by atoms with van der Waals surface area (Å²) in [4.78, 5) is 10.5. The van der Waals surface area contributed by atoms with Crippen LogP contribution in [0.25, 0.3) is 0 Å². The summed E-state index contributed by atoms with van der Waals surface area (Å²) >= 11 is 0. The molecule has 1 rings (SSSR count). The zero-order valence-corrected chi connectivity index (χ0v) is 5.60. The van der Waals surface area contributed by atoms with Gasteiger partial charge in [0.25, 0.3) is 0 Å². The van der Waals surface area contributed by atoms with Gasteiger partial charge in [-0.25, -0.2) is 5.26 Å². The van der Waals surface area contributed by atoms with Gasteiger partial charge in [-0.1, -0.05) is 0 Å². The molecule has 0 radical (unpaired) electrons. The monoisotopic (exact) mass is 153 g/mol. The van der Waals surface area contributed by atoms with Crippen molar-refractivity contribution in [3.05, 3.63) is 0 Å². The molecule has 0 atom stereocenters. The molecule has 11 heavy (non-hydrogen) atoms. The molecule has 0 aliphatic heterocycles. The fraction of sp³-hybridized carbons (Fsp3) is 0. The van der Waals surface area contributed by atoms with Gasteiger partial charge < -0.3 is 17.2 Å². The number of rotatable bonds is 0. The summed E-state index contributed by atoms with van der Waals surface area (Å²) in [5.41, 5.74) is 15.4. The Hall–Kier alpha value is -2.10. The molecule has 0 saturated heterocycles. The third-order valence-corrected chi connectivity index (χ3v) is 0.687. The molecule has 0 aliphatic rings. The van der Waals surface area contributed by atoms with Crippen molar-refractivity contribution in [3.8, 4) is 6.57 Å². The van der Waals surface area contributed by atoms with Gasteiger partial charge in [0.1, 0.15) is 0 Å². The number of aromatic nitrogens is 3. The normalized spacial score (nSPS) is 7.82. The van der Waals surface area contributed by atoms with Crippen LogP contribution in [-0.4, -0.2) is 15.0 Å². The summed E-state index contributed by atoms with van der Waals surface area (Å²) in [5.74, 6) is 0.125. The van der Waals surface area contributed by atoms with Crippen molar-refractivity contribution in [2.24, 2.45) is 0 Å². The molecule has 7 heteroatoms. The predicted molar refractivity (Wildman–Crippen MR) is 39.7 cm³/mol. The van der Waals surface area contributed by atoms with E-state index in [1.165, 1.54) is 0 Å². The number of hydrogen-bond acceptors (Lipinski definition) is 7. The minimum absolute atomic E-state index is 0.0417. The van der Waals surface area contributed by atoms with Gasteiger partial charge >= 0.3 is 0 Å². The molecule has 1 heterocycles. The average Bonchev–Trinajstić information content (AvgIpc) is 1.88. The quantitative estimate of drug-likeness (QED) is 0.423. The largest absolute Gasteiger partial charge is 0.368 e. The van der Waals surface area contributed by atoms with Crippen LogP contribution < -0.4 is 17.2 Å². The molecule has 0 unspecified atom stereocenters. The van der Waals surface area contributed by atoms with Crippen molar-refractivity contribution in [3.63, 3.8) is 0 Å². The minimum Gasteiger partial charge on any atom is -0.368 e. The minimum atomic E-state index is 0.0417. The Bertz CT molecular complexity index is 203. The van der Waals surface area contributed by atoms with E-state index in [2.05, 4.69) is 21.5 Å². The highest BCUT2D eigenvalue weighted by Gasteiger charge is 1.93. The van der Waals surface area contributed by atoms with Gasteiger partial charge in [-0.3, -0.25) is 0 Å². The van der Waals surface area contributed by atoms with Gasteiger partial charge in [0.05, 0.1) is 0 Å². The Morgan fingerprint density at radius 3 is 1.18 bits per heavy atom. The van der Waals surface area contributed by atoms with E-state index in [0.29, 0.717) is 0 Å². The van der Waals surface area contributed by atoms with Crippen LogP contribution >= 0.6 is 0 Å². The van der Waals surface area contributed by atoms with E-state index >= 15 is 0 Å². The molecule has 0 saturated carbocycles. The third-order valence-electron chi connectivity index (χ3n) is 0.687. The van der Waals surface area contributed by atoms with E-state index in [4.69, 9.17) is 22.5 Å². The van der Waals surface area contributed by atoms with E-state index < -0.39 is 0 Å². The molecule has 0 aliphatic carbocycles. The Labute approximate surface area is 62.9 Å². The smallest absolute Gasteiger partial charge is 0.226 e. The molecular weight excluding hydrogens is 146 g/mol. The highest BCUT2D eigenvalue weighted by Crippen LogP contribution is 1.97. The Kier molecular flexibility index (Phi) is 3.10.